The van der Waals surface area contributed by atoms with Crippen LogP contribution in [-0.4, -0.2) is 21.5 Å². The average Bonchev–Trinajstić information content (AvgIpc) is 2.81. The molecule has 0 fully saturated rings. The van der Waals surface area contributed by atoms with Gasteiger partial charge in [0.2, 0.25) is 0 Å². The van der Waals surface area contributed by atoms with Gasteiger partial charge in [-0.2, -0.15) is 9.78 Å². The van der Waals surface area contributed by atoms with Crippen LogP contribution in [0, 0.1) is 0 Å². The van der Waals surface area contributed by atoms with E-state index in [4.69, 9.17) is 10.5 Å². The molecule has 0 atom stereocenters. The van der Waals surface area contributed by atoms with Crippen molar-refractivity contribution in [2.75, 3.05) is 5.73 Å². The summed E-state index contributed by atoms with van der Waals surface area (Å²) in [5.74, 6) is 0. The first kappa shape index (κ1) is 17.1. The van der Waals surface area contributed by atoms with Crippen LogP contribution in [0.25, 0.3) is 0 Å². The molecule has 1 heterocycles. The topological polar surface area (TPSA) is 70.1 Å². The van der Waals surface area contributed by atoms with Gasteiger partial charge >= 0.3 is 6.09 Å². The number of ether oxygens (including phenoxy) is 1. The van der Waals surface area contributed by atoms with E-state index in [1.54, 1.807) is 0 Å². The third kappa shape index (κ3) is 4.34. The zero-order chi connectivity index (χ0) is 17.0. The number of benzene rings is 1. The smallest absolute Gasteiger partial charge is 0.435 e. The van der Waals surface area contributed by atoms with Gasteiger partial charge in [-0.05, 0) is 45.6 Å². The van der Waals surface area contributed by atoms with Crippen molar-refractivity contribution < 1.29 is 9.53 Å². The average molecular weight is 315 g/mol. The van der Waals surface area contributed by atoms with Crippen LogP contribution in [0.2, 0.25) is 0 Å². The molecule has 0 radical (unpaired) electrons. The lowest BCUT2D eigenvalue weighted by Gasteiger charge is -2.19. The normalized spacial score (nSPS) is 11.5. The quantitative estimate of drug-likeness (QED) is 0.936. The number of nitrogens with zero attached hydrogens (tertiary/aromatic N) is 2. The molecule has 0 bridgehead atoms. The molecule has 0 aliphatic rings. The van der Waals surface area contributed by atoms with Crippen molar-refractivity contribution in [3.8, 4) is 0 Å². The lowest BCUT2D eigenvalue weighted by Crippen LogP contribution is -2.28. The third-order valence-corrected chi connectivity index (χ3v) is 3.49. The van der Waals surface area contributed by atoms with E-state index in [-0.39, 0.29) is 0 Å². The molecule has 0 spiro atoms. The first-order valence-electron chi connectivity index (χ1n) is 7.95. The van der Waals surface area contributed by atoms with Gasteiger partial charge in [-0.3, -0.25) is 0 Å². The second-order valence-electron chi connectivity index (χ2n) is 6.54. The first-order valence-corrected chi connectivity index (χ1v) is 7.95. The summed E-state index contributed by atoms with van der Waals surface area (Å²) in [6.45, 7) is 7.45. The molecular weight excluding hydrogens is 290 g/mol. The van der Waals surface area contributed by atoms with Crippen molar-refractivity contribution in [2.24, 2.45) is 0 Å². The fraction of sp³-hybridized carbons (Fsp3) is 0.444. The molecule has 1 aromatic heterocycles. The van der Waals surface area contributed by atoms with Crippen LogP contribution < -0.4 is 5.73 Å². The Kier molecular flexibility index (Phi) is 5.08. The van der Waals surface area contributed by atoms with Crippen molar-refractivity contribution in [1.82, 2.24) is 9.78 Å². The van der Waals surface area contributed by atoms with Crippen LogP contribution in [0.15, 0.2) is 30.3 Å². The fourth-order valence-corrected chi connectivity index (χ4v) is 2.40. The summed E-state index contributed by atoms with van der Waals surface area (Å²) in [7, 11) is 0. The van der Waals surface area contributed by atoms with Crippen LogP contribution >= 0.6 is 0 Å². The lowest BCUT2D eigenvalue weighted by molar-refractivity contribution is 0.0509. The molecule has 5 nitrogen and oxygen atoms in total. The summed E-state index contributed by atoms with van der Waals surface area (Å²) in [5.41, 5.74) is 8.90. The third-order valence-electron chi connectivity index (χ3n) is 3.49. The Balaban J connectivity index is 2.20. The molecule has 0 aliphatic heterocycles. The summed E-state index contributed by atoms with van der Waals surface area (Å²) in [5, 5.41) is 4.40. The number of anilines is 1. The van der Waals surface area contributed by atoms with Crippen LogP contribution in [-0.2, 0) is 24.0 Å². The molecule has 23 heavy (non-hydrogen) atoms. The minimum atomic E-state index is -0.562. The Morgan fingerprint density at radius 3 is 2.43 bits per heavy atom. The zero-order valence-corrected chi connectivity index (χ0v) is 14.3. The molecule has 0 saturated carbocycles. The highest BCUT2D eigenvalue weighted by atomic mass is 16.6. The first-order chi connectivity index (χ1) is 10.8. The number of aryl methyl sites for hydroxylation is 2. The van der Waals surface area contributed by atoms with Crippen LogP contribution in [0.5, 0.6) is 0 Å². The summed E-state index contributed by atoms with van der Waals surface area (Å²) in [6, 6.07) is 10.2. The van der Waals surface area contributed by atoms with Crippen molar-refractivity contribution in [2.45, 2.75) is 52.6 Å². The van der Waals surface area contributed by atoms with E-state index in [1.165, 1.54) is 10.2 Å². The highest BCUT2D eigenvalue weighted by Gasteiger charge is 2.23. The summed E-state index contributed by atoms with van der Waals surface area (Å²) in [6.07, 6.45) is 1.67. The van der Waals surface area contributed by atoms with Crippen LogP contribution in [0.1, 0.15) is 44.6 Å². The van der Waals surface area contributed by atoms with Gasteiger partial charge in [-0.15, -0.1) is 0 Å². The predicted molar refractivity (Wildman–Crippen MR) is 91.5 cm³/mol. The molecule has 1 aromatic carbocycles. The van der Waals surface area contributed by atoms with Crippen LogP contribution in [0.4, 0.5) is 10.5 Å². The van der Waals surface area contributed by atoms with E-state index in [1.807, 2.05) is 45.9 Å². The molecule has 0 unspecified atom stereocenters. The van der Waals surface area contributed by atoms with Gasteiger partial charge in [0, 0.05) is 0 Å². The highest BCUT2D eigenvalue weighted by Crippen LogP contribution is 2.21. The number of aromatic nitrogens is 2. The Labute approximate surface area is 137 Å². The van der Waals surface area contributed by atoms with E-state index < -0.39 is 11.7 Å². The number of rotatable bonds is 4. The molecule has 0 aliphatic carbocycles. The number of nitrogens with two attached hydrogens (primary N) is 1. The van der Waals surface area contributed by atoms with Gasteiger partial charge in [-0.1, -0.05) is 37.3 Å². The second kappa shape index (κ2) is 6.86. The van der Waals surface area contributed by atoms with E-state index in [0.717, 1.165) is 12.1 Å². The monoisotopic (exact) mass is 315 g/mol. The van der Waals surface area contributed by atoms with E-state index >= 15 is 0 Å². The molecular formula is C18H25N3O2. The number of hydrogen-bond acceptors (Lipinski definition) is 4. The van der Waals surface area contributed by atoms with Gasteiger partial charge in [0.25, 0.3) is 0 Å². The van der Waals surface area contributed by atoms with Crippen molar-refractivity contribution >= 4 is 11.8 Å². The summed E-state index contributed by atoms with van der Waals surface area (Å²) < 4.78 is 6.71. The van der Waals surface area contributed by atoms with Crippen LogP contribution in [0.3, 0.4) is 0 Å². The van der Waals surface area contributed by atoms with Crippen molar-refractivity contribution in [3.05, 3.63) is 47.3 Å². The standard InChI is InChI=1S/C18H25N3O2/c1-5-15-16(19)14(12-11-13-9-7-6-8-10-13)20-21(15)17(22)23-18(2,3)4/h6-10H,5,11-12,19H2,1-4H3. The maximum Gasteiger partial charge on any atom is 0.435 e. The Morgan fingerprint density at radius 1 is 1.22 bits per heavy atom. The molecule has 2 aromatic rings. The maximum absolute atomic E-state index is 12.3. The summed E-state index contributed by atoms with van der Waals surface area (Å²) in [4.78, 5) is 12.3. The fourth-order valence-electron chi connectivity index (χ4n) is 2.40. The maximum atomic E-state index is 12.3. The molecule has 0 saturated heterocycles. The highest BCUT2D eigenvalue weighted by molar-refractivity contribution is 5.73. The van der Waals surface area contributed by atoms with Gasteiger partial charge in [0.05, 0.1) is 17.1 Å². The van der Waals surface area contributed by atoms with Crippen molar-refractivity contribution in [3.63, 3.8) is 0 Å². The van der Waals surface area contributed by atoms with Gasteiger partial charge in [0.1, 0.15) is 5.60 Å². The minimum Gasteiger partial charge on any atom is -0.442 e. The predicted octanol–water partition coefficient (Wildman–Crippen LogP) is 3.60. The lowest BCUT2D eigenvalue weighted by atomic mass is 10.1. The van der Waals surface area contributed by atoms with Gasteiger partial charge in [0.15, 0.2) is 0 Å². The Morgan fingerprint density at radius 2 is 1.87 bits per heavy atom. The zero-order valence-electron chi connectivity index (χ0n) is 14.3. The van der Waals surface area contributed by atoms with Gasteiger partial charge < -0.3 is 10.5 Å². The molecule has 124 valence electrons. The minimum absolute atomic E-state index is 0.480. The van der Waals surface area contributed by atoms with E-state index in [9.17, 15) is 4.79 Å². The number of carbonyl (C=O) groups excluding carboxylic acids is 1. The Bertz CT molecular complexity index is 670. The van der Waals surface area contributed by atoms with E-state index in [0.29, 0.717) is 24.2 Å². The number of carbonyl (C=O) groups is 1. The SMILES string of the molecule is CCc1c(N)c(CCc2ccccc2)nn1C(=O)OC(C)(C)C. The molecule has 5 heteroatoms. The van der Waals surface area contributed by atoms with Crippen molar-refractivity contribution in [1.29, 1.82) is 0 Å². The van der Waals surface area contributed by atoms with E-state index in [2.05, 4.69) is 17.2 Å². The summed E-state index contributed by atoms with van der Waals surface area (Å²) >= 11 is 0. The Hall–Kier alpha value is -2.30. The van der Waals surface area contributed by atoms with Gasteiger partial charge in [-0.25, -0.2) is 4.79 Å². The molecule has 2 N–H and O–H groups in total. The molecule has 2 rings (SSSR count). The largest absolute Gasteiger partial charge is 0.442 e. The second-order valence-corrected chi connectivity index (χ2v) is 6.54. The number of nitrogen functional groups attached to an aromatic ring is 1. The molecule has 0 amide bonds. The number of hydrogen-bond donors (Lipinski definition) is 1.